The van der Waals surface area contributed by atoms with E-state index in [1.165, 1.54) is 0 Å². The van der Waals surface area contributed by atoms with Crippen molar-refractivity contribution in [2.24, 2.45) is 0 Å². The highest BCUT2D eigenvalue weighted by atomic mass is 32.2. The maximum atomic E-state index is 12.7. The van der Waals surface area contributed by atoms with Crippen molar-refractivity contribution in [2.45, 2.75) is 37.4 Å². The highest BCUT2D eigenvalue weighted by molar-refractivity contribution is 7.89. The van der Waals surface area contributed by atoms with Crippen LogP contribution in [0.3, 0.4) is 0 Å². The minimum Gasteiger partial charge on any atom is -0.396 e. The molecule has 0 amide bonds. The van der Waals surface area contributed by atoms with E-state index in [0.29, 0.717) is 6.07 Å². The molecule has 21 heavy (non-hydrogen) atoms. The van der Waals surface area contributed by atoms with Crippen LogP contribution >= 0.6 is 0 Å². The minimum absolute atomic E-state index is 0.0484. The van der Waals surface area contributed by atoms with E-state index in [9.17, 15) is 21.6 Å². The maximum Gasteiger partial charge on any atom is 0.416 e. The highest BCUT2D eigenvalue weighted by Crippen LogP contribution is 2.31. The van der Waals surface area contributed by atoms with E-state index < -0.39 is 32.7 Å². The van der Waals surface area contributed by atoms with Crippen molar-refractivity contribution in [3.05, 3.63) is 29.8 Å². The molecule has 0 aliphatic rings. The Bertz CT molecular complexity index is 570. The molecule has 8 heteroatoms. The summed E-state index contributed by atoms with van der Waals surface area (Å²) in [5.41, 5.74) is -1.01. The van der Waals surface area contributed by atoms with Crippen molar-refractivity contribution < 1.29 is 26.7 Å². The standard InChI is InChI=1S/C13H18F3NO3S/c1-10(2)17(7-4-8-18)21(19,20)12-6-3-5-11(9-12)13(14,15)16/h3,5-6,9-10,18H,4,7-8H2,1-2H3. The number of aliphatic hydroxyl groups excluding tert-OH is 1. The summed E-state index contributed by atoms with van der Waals surface area (Å²) < 4.78 is 64.0. The lowest BCUT2D eigenvalue weighted by Crippen LogP contribution is -2.38. The summed E-state index contributed by atoms with van der Waals surface area (Å²) in [5.74, 6) is 0. The van der Waals surface area contributed by atoms with Crippen molar-refractivity contribution in [3.8, 4) is 0 Å². The predicted octanol–water partition coefficient (Wildman–Crippen LogP) is 2.49. The van der Waals surface area contributed by atoms with Gasteiger partial charge in [0.1, 0.15) is 0 Å². The van der Waals surface area contributed by atoms with Crippen LogP contribution < -0.4 is 0 Å². The number of aliphatic hydroxyl groups is 1. The van der Waals surface area contributed by atoms with E-state index in [2.05, 4.69) is 0 Å². The Balaban J connectivity index is 3.22. The van der Waals surface area contributed by atoms with Crippen molar-refractivity contribution >= 4 is 10.0 Å². The van der Waals surface area contributed by atoms with Gasteiger partial charge in [-0.2, -0.15) is 17.5 Å². The average molecular weight is 325 g/mol. The van der Waals surface area contributed by atoms with Gasteiger partial charge in [0, 0.05) is 19.2 Å². The molecule has 0 aliphatic carbocycles. The van der Waals surface area contributed by atoms with E-state index in [-0.39, 0.29) is 19.6 Å². The second-order valence-electron chi connectivity index (χ2n) is 4.81. The number of hydrogen-bond donors (Lipinski definition) is 1. The van der Waals surface area contributed by atoms with E-state index in [4.69, 9.17) is 5.11 Å². The van der Waals surface area contributed by atoms with Crippen LogP contribution in [0.15, 0.2) is 29.2 Å². The summed E-state index contributed by atoms with van der Waals surface area (Å²) in [5, 5.41) is 8.81. The summed E-state index contributed by atoms with van der Waals surface area (Å²) >= 11 is 0. The van der Waals surface area contributed by atoms with Gasteiger partial charge in [-0.3, -0.25) is 0 Å². The van der Waals surface area contributed by atoms with Gasteiger partial charge in [0.15, 0.2) is 0 Å². The SMILES string of the molecule is CC(C)N(CCCO)S(=O)(=O)c1cccc(C(F)(F)F)c1. The first-order chi connectivity index (χ1) is 9.60. The minimum atomic E-state index is -4.60. The van der Waals surface area contributed by atoms with E-state index in [0.717, 1.165) is 22.5 Å². The molecule has 0 atom stereocenters. The van der Waals surface area contributed by atoms with Gasteiger partial charge in [-0.05, 0) is 38.5 Å². The van der Waals surface area contributed by atoms with Gasteiger partial charge in [-0.1, -0.05) is 6.07 Å². The molecule has 120 valence electrons. The maximum absolute atomic E-state index is 12.7. The molecule has 0 radical (unpaired) electrons. The Labute approximate surface area is 122 Å². The van der Waals surface area contributed by atoms with E-state index in [1.807, 2.05) is 0 Å². The monoisotopic (exact) mass is 325 g/mol. The third kappa shape index (κ3) is 4.42. The fraction of sp³-hybridized carbons (Fsp3) is 0.538. The fourth-order valence-corrected chi connectivity index (χ4v) is 3.57. The van der Waals surface area contributed by atoms with Crippen molar-refractivity contribution in [3.63, 3.8) is 0 Å². The van der Waals surface area contributed by atoms with Crippen LogP contribution in [0.4, 0.5) is 13.2 Å². The van der Waals surface area contributed by atoms with Crippen LogP contribution in [-0.2, 0) is 16.2 Å². The lowest BCUT2D eigenvalue weighted by molar-refractivity contribution is -0.137. The van der Waals surface area contributed by atoms with Crippen molar-refractivity contribution in [1.82, 2.24) is 4.31 Å². The number of benzene rings is 1. The van der Waals surface area contributed by atoms with Crippen LogP contribution in [0.5, 0.6) is 0 Å². The van der Waals surface area contributed by atoms with Gasteiger partial charge in [-0.15, -0.1) is 0 Å². The van der Waals surface area contributed by atoms with Crippen molar-refractivity contribution in [2.75, 3.05) is 13.2 Å². The molecule has 0 saturated heterocycles. The lowest BCUT2D eigenvalue weighted by Gasteiger charge is -2.26. The molecule has 0 fully saturated rings. The van der Waals surface area contributed by atoms with Gasteiger partial charge in [0.25, 0.3) is 0 Å². The van der Waals surface area contributed by atoms with Crippen LogP contribution in [0.1, 0.15) is 25.8 Å². The largest absolute Gasteiger partial charge is 0.416 e. The number of rotatable bonds is 6. The zero-order chi connectivity index (χ0) is 16.3. The van der Waals surface area contributed by atoms with E-state index >= 15 is 0 Å². The molecule has 0 unspecified atom stereocenters. The second-order valence-corrected chi connectivity index (χ2v) is 6.70. The van der Waals surface area contributed by atoms with Gasteiger partial charge in [0.05, 0.1) is 10.5 Å². The van der Waals surface area contributed by atoms with Gasteiger partial charge in [-0.25, -0.2) is 8.42 Å². The number of hydrogen-bond acceptors (Lipinski definition) is 3. The first-order valence-corrected chi connectivity index (χ1v) is 7.84. The third-order valence-corrected chi connectivity index (χ3v) is 4.95. The van der Waals surface area contributed by atoms with Gasteiger partial charge >= 0.3 is 6.18 Å². The molecule has 0 spiro atoms. The van der Waals surface area contributed by atoms with Crippen LogP contribution in [-0.4, -0.2) is 37.0 Å². The zero-order valence-corrected chi connectivity index (χ0v) is 12.6. The third-order valence-electron chi connectivity index (χ3n) is 2.88. The van der Waals surface area contributed by atoms with Crippen molar-refractivity contribution in [1.29, 1.82) is 0 Å². The highest BCUT2D eigenvalue weighted by Gasteiger charge is 2.33. The topological polar surface area (TPSA) is 57.6 Å². The normalized spacial score (nSPS) is 13.1. The fourth-order valence-electron chi connectivity index (χ4n) is 1.85. The second kappa shape index (κ2) is 6.76. The summed E-state index contributed by atoms with van der Waals surface area (Å²) in [4.78, 5) is -0.399. The Hall–Kier alpha value is -1.12. The molecule has 1 aromatic carbocycles. The molecule has 1 aromatic rings. The molecule has 0 bridgehead atoms. The number of alkyl halides is 3. The molecular formula is C13H18F3NO3S. The van der Waals surface area contributed by atoms with Crippen LogP contribution in [0.2, 0.25) is 0 Å². The van der Waals surface area contributed by atoms with Gasteiger partial charge in [0.2, 0.25) is 10.0 Å². The molecule has 4 nitrogen and oxygen atoms in total. The van der Waals surface area contributed by atoms with Gasteiger partial charge < -0.3 is 5.11 Å². The first kappa shape index (κ1) is 17.9. The van der Waals surface area contributed by atoms with E-state index in [1.54, 1.807) is 13.8 Å². The molecule has 0 saturated carbocycles. The summed E-state index contributed by atoms with van der Waals surface area (Å²) in [6.07, 6.45) is -4.38. The van der Waals surface area contributed by atoms with Crippen LogP contribution in [0.25, 0.3) is 0 Å². The molecule has 1 N–H and O–H groups in total. The molecule has 0 heterocycles. The molecule has 1 rings (SSSR count). The Morgan fingerprint density at radius 3 is 2.38 bits per heavy atom. The quantitative estimate of drug-likeness (QED) is 0.874. The first-order valence-electron chi connectivity index (χ1n) is 6.40. The number of sulfonamides is 1. The lowest BCUT2D eigenvalue weighted by atomic mass is 10.2. The zero-order valence-electron chi connectivity index (χ0n) is 11.8. The molecule has 0 aliphatic heterocycles. The number of halogens is 3. The summed E-state index contributed by atoms with van der Waals surface area (Å²) in [7, 11) is -4.03. The Kier molecular flexibility index (Phi) is 5.77. The Morgan fingerprint density at radius 1 is 1.29 bits per heavy atom. The summed E-state index contributed by atoms with van der Waals surface area (Å²) in [6.45, 7) is 3.11. The summed E-state index contributed by atoms with van der Waals surface area (Å²) in [6, 6.07) is 3.24. The van der Waals surface area contributed by atoms with Crippen LogP contribution in [0, 0.1) is 0 Å². The average Bonchev–Trinajstić information content (AvgIpc) is 2.37. The molecular weight excluding hydrogens is 307 g/mol. The Morgan fingerprint density at radius 2 is 1.90 bits per heavy atom. The predicted molar refractivity (Wildman–Crippen MR) is 72.2 cm³/mol. The smallest absolute Gasteiger partial charge is 0.396 e. The number of nitrogens with zero attached hydrogens (tertiary/aromatic N) is 1. The molecule has 0 aromatic heterocycles.